The molecule has 1 aromatic heterocycles. The second-order valence-electron chi connectivity index (χ2n) is 6.23. The van der Waals surface area contributed by atoms with Crippen molar-refractivity contribution in [2.24, 2.45) is 0 Å². The molecule has 0 amide bonds. The van der Waals surface area contributed by atoms with Gasteiger partial charge in [-0.25, -0.2) is 0 Å². The predicted octanol–water partition coefficient (Wildman–Crippen LogP) is 4.89. The minimum atomic E-state index is 0.406. The van der Waals surface area contributed by atoms with E-state index in [1.165, 1.54) is 38.6 Å². The Balaban J connectivity index is 1.89. The second-order valence-corrected chi connectivity index (χ2v) is 6.23. The maximum absolute atomic E-state index is 3.73. The van der Waals surface area contributed by atoms with Crippen LogP contribution in [0.3, 0.4) is 0 Å². The summed E-state index contributed by atoms with van der Waals surface area (Å²) in [6.07, 6.45) is 9.95. The maximum atomic E-state index is 3.73. The van der Waals surface area contributed by atoms with E-state index in [0.717, 1.165) is 6.42 Å². The van der Waals surface area contributed by atoms with E-state index in [0.29, 0.717) is 12.0 Å². The lowest BCUT2D eigenvalue weighted by Crippen LogP contribution is -2.17. The number of H-pyrrole nitrogens is 1. The van der Waals surface area contributed by atoms with Gasteiger partial charge >= 0.3 is 0 Å². The van der Waals surface area contributed by atoms with Crippen LogP contribution in [0.15, 0.2) is 54.6 Å². The third kappa shape index (κ3) is 1.45. The van der Waals surface area contributed by atoms with Gasteiger partial charge in [0, 0.05) is 27.9 Å². The van der Waals surface area contributed by atoms with Crippen LogP contribution in [0.1, 0.15) is 24.0 Å². The molecule has 5 rings (SSSR count). The van der Waals surface area contributed by atoms with Crippen molar-refractivity contribution in [3.63, 3.8) is 0 Å². The Hall–Kier alpha value is -2.48. The third-order valence-electron chi connectivity index (χ3n) is 5.10. The summed E-state index contributed by atoms with van der Waals surface area (Å²) in [7, 11) is 0. The van der Waals surface area contributed by atoms with Crippen molar-refractivity contribution in [1.82, 2.24) is 4.98 Å². The number of rotatable bonds is 1. The molecule has 1 aliphatic carbocycles. The molecule has 0 saturated heterocycles. The van der Waals surface area contributed by atoms with Crippen LogP contribution in [-0.2, 0) is 6.42 Å². The highest BCUT2D eigenvalue weighted by molar-refractivity contribution is 6.10. The summed E-state index contributed by atoms with van der Waals surface area (Å²) in [6.45, 7) is 2.25. The molecule has 2 atom stereocenters. The van der Waals surface area contributed by atoms with Gasteiger partial charge in [-0.05, 0) is 29.7 Å². The molecule has 0 saturated carbocycles. The van der Waals surface area contributed by atoms with Gasteiger partial charge in [-0.1, -0.05) is 49.4 Å². The first-order valence-electron chi connectivity index (χ1n) is 8.04. The molecule has 2 N–H and O–H groups in total. The largest absolute Gasteiger partial charge is 0.377 e. The van der Waals surface area contributed by atoms with Gasteiger partial charge in [-0.15, -0.1) is 0 Å². The standard InChI is InChI=1S/C20H18N2/c1-2-12-19-15(13-7-3-5-9-17(13)21-19)11-16-14-8-4-6-10-18(14)22-20(12)16/h3-11,13,17,21-22H,2H2,1H3. The minimum absolute atomic E-state index is 0.406. The van der Waals surface area contributed by atoms with E-state index in [4.69, 9.17) is 0 Å². The highest BCUT2D eigenvalue weighted by Gasteiger charge is 2.32. The van der Waals surface area contributed by atoms with Crippen LogP contribution in [0.25, 0.3) is 21.8 Å². The summed E-state index contributed by atoms with van der Waals surface area (Å²) >= 11 is 0. The minimum Gasteiger partial charge on any atom is -0.377 e. The zero-order chi connectivity index (χ0) is 14.7. The zero-order valence-electron chi connectivity index (χ0n) is 12.6. The first-order valence-corrected chi connectivity index (χ1v) is 8.04. The Bertz CT molecular complexity index is 959. The first-order chi connectivity index (χ1) is 10.9. The van der Waals surface area contributed by atoms with Crippen LogP contribution in [0, 0.1) is 0 Å². The van der Waals surface area contributed by atoms with E-state index in [-0.39, 0.29) is 0 Å². The van der Waals surface area contributed by atoms with Crippen molar-refractivity contribution >= 4 is 27.5 Å². The van der Waals surface area contributed by atoms with E-state index in [1.54, 1.807) is 0 Å². The van der Waals surface area contributed by atoms with Gasteiger partial charge in [-0.2, -0.15) is 0 Å². The lowest BCUT2D eigenvalue weighted by atomic mass is 9.89. The number of hydrogen-bond donors (Lipinski definition) is 2. The van der Waals surface area contributed by atoms with Crippen LogP contribution in [0.2, 0.25) is 0 Å². The van der Waals surface area contributed by atoms with E-state index in [2.05, 4.69) is 71.9 Å². The summed E-state index contributed by atoms with van der Waals surface area (Å²) in [5.74, 6) is 0.461. The van der Waals surface area contributed by atoms with Gasteiger partial charge in [0.05, 0.1) is 11.6 Å². The number of aryl methyl sites for hydroxylation is 1. The van der Waals surface area contributed by atoms with Gasteiger partial charge in [0.15, 0.2) is 0 Å². The fourth-order valence-electron chi connectivity index (χ4n) is 4.07. The van der Waals surface area contributed by atoms with Gasteiger partial charge in [0.25, 0.3) is 0 Å². The topological polar surface area (TPSA) is 27.8 Å². The molecule has 22 heavy (non-hydrogen) atoms. The maximum Gasteiger partial charge on any atom is 0.0551 e. The van der Waals surface area contributed by atoms with Crippen molar-refractivity contribution < 1.29 is 0 Å². The number of allylic oxidation sites excluding steroid dienone is 2. The Labute approximate surface area is 129 Å². The Morgan fingerprint density at radius 1 is 1.05 bits per heavy atom. The monoisotopic (exact) mass is 286 g/mol. The smallest absolute Gasteiger partial charge is 0.0551 e. The average Bonchev–Trinajstić information content (AvgIpc) is 3.11. The molecular weight excluding hydrogens is 268 g/mol. The Morgan fingerprint density at radius 3 is 2.82 bits per heavy atom. The van der Waals surface area contributed by atoms with Gasteiger partial charge < -0.3 is 10.3 Å². The quantitative estimate of drug-likeness (QED) is 0.655. The van der Waals surface area contributed by atoms with Crippen molar-refractivity contribution in [2.45, 2.75) is 25.3 Å². The van der Waals surface area contributed by atoms with Gasteiger partial charge in [-0.3, -0.25) is 0 Å². The molecule has 2 heteroatoms. The fourth-order valence-corrected chi connectivity index (χ4v) is 4.07. The van der Waals surface area contributed by atoms with Crippen LogP contribution < -0.4 is 5.32 Å². The van der Waals surface area contributed by atoms with Crippen LogP contribution in [-0.4, -0.2) is 11.0 Å². The van der Waals surface area contributed by atoms with Crippen molar-refractivity contribution in [3.05, 3.63) is 65.8 Å². The van der Waals surface area contributed by atoms with E-state index < -0.39 is 0 Å². The van der Waals surface area contributed by atoms with Gasteiger partial charge in [0.2, 0.25) is 0 Å². The zero-order valence-corrected chi connectivity index (χ0v) is 12.6. The normalized spacial score (nSPS) is 22.0. The molecule has 1 aliphatic heterocycles. The van der Waals surface area contributed by atoms with Crippen LogP contribution in [0.5, 0.6) is 0 Å². The number of nitrogens with one attached hydrogen (secondary N) is 2. The molecular formula is C20H18N2. The summed E-state index contributed by atoms with van der Waals surface area (Å²) < 4.78 is 0. The molecule has 2 aliphatic rings. The molecule has 2 heterocycles. The highest BCUT2D eigenvalue weighted by atomic mass is 15.0. The van der Waals surface area contributed by atoms with Crippen LogP contribution in [0.4, 0.5) is 5.69 Å². The third-order valence-corrected chi connectivity index (χ3v) is 5.10. The number of para-hydroxylation sites is 1. The summed E-state index contributed by atoms with van der Waals surface area (Å²) in [5.41, 5.74) is 6.72. The number of benzene rings is 2. The van der Waals surface area contributed by atoms with Crippen molar-refractivity contribution in [2.75, 3.05) is 5.32 Å². The molecule has 2 nitrogen and oxygen atoms in total. The number of anilines is 1. The first kappa shape index (κ1) is 12.1. The predicted molar refractivity (Wildman–Crippen MR) is 93.6 cm³/mol. The van der Waals surface area contributed by atoms with Crippen molar-refractivity contribution in [3.8, 4) is 0 Å². The number of fused-ring (bicyclic) bond motifs is 6. The highest BCUT2D eigenvalue weighted by Crippen LogP contribution is 2.45. The summed E-state index contributed by atoms with van der Waals surface area (Å²) in [4.78, 5) is 3.63. The van der Waals surface area contributed by atoms with Crippen molar-refractivity contribution in [1.29, 1.82) is 0 Å². The Kier molecular flexibility index (Phi) is 2.34. The lowest BCUT2D eigenvalue weighted by Gasteiger charge is -2.15. The van der Waals surface area contributed by atoms with Gasteiger partial charge in [0.1, 0.15) is 0 Å². The molecule has 3 aromatic rings. The van der Waals surface area contributed by atoms with E-state index in [1.807, 2.05) is 0 Å². The van der Waals surface area contributed by atoms with E-state index in [9.17, 15) is 0 Å². The number of hydrogen-bond acceptors (Lipinski definition) is 1. The summed E-state index contributed by atoms with van der Waals surface area (Å²) in [5, 5.41) is 6.42. The molecule has 0 bridgehead atoms. The Morgan fingerprint density at radius 2 is 1.91 bits per heavy atom. The molecule has 108 valence electrons. The summed E-state index contributed by atoms with van der Waals surface area (Å²) in [6, 6.07) is 11.4. The van der Waals surface area contributed by atoms with E-state index >= 15 is 0 Å². The second kappa shape index (κ2) is 4.26. The lowest BCUT2D eigenvalue weighted by molar-refractivity contribution is 0.806. The van der Waals surface area contributed by atoms with Crippen LogP contribution >= 0.6 is 0 Å². The molecule has 0 radical (unpaired) electrons. The molecule has 2 unspecified atom stereocenters. The molecule has 0 fully saturated rings. The SMILES string of the molecule is CCc1c2c(cc3c1[nH]c1ccccc13)C1C=CC=CC1N2. The number of aromatic nitrogens is 1. The molecule has 0 spiro atoms. The number of aromatic amines is 1. The molecule has 2 aromatic carbocycles. The average molecular weight is 286 g/mol. The fraction of sp³-hybridized carbons (Fsp3) is 0.200.